The van der Waals surface area contributed by atoms with Crippen LogP contribution in [0.4, 0.5) is 35.9 Å². The summed E-state index contributed by atoms with van der Waals surface area (Å²) in [4.78, 5) is 53.0. The minimum Gasteiger partial charge on any atom is -0.478 e. The lowest BCUT2D eigenvalue weighted by atomic mass is 10.0. The van der Waals surface area contributed by atoms with E-state index in [1.54, 1.807) is 67.0 Å². The van der Waals surface area contributed by atoms with Crippen molar-refractivity contribution < 1.29 is 37.5 Å². The lowest BCUT2D eigenvalue weighted by molar-refractivity contribution is -0.137. The van der Waals surface area contributed by atoms with Crippen molar-refractivity contribution in [2.24, 2.45) is 5.73 Å². The molecule has 6 rings (SSSR count). The second kappa shape index (κ2) is 13.2. The molecule has 6 N–H and O–H groups in total. The number of benzene rings is 3. The Bertz CT molecular complexity index is 2080. The molecular weight excluding hydrogens is 653 g/mol. The number of aromatic carboxylic acids is 1. The number of likely N-dealkylation sites (tertiary alicyclic amines) is 1. The average Bonchev–Trinajstić information content (AvgIpc) is 3.75. The molecule has 258 valence electrons. The van der Waals surface area contributed by atoms with Crippen molar-refractivity contribution in [2.75, 3.05) is 29.0 Å². The third-order valence-electron chi connectivity index (χ3n) is 8.89. The summed E-state index contributed by atoms with van der Waals surface area (Å²) in [5, 5.41) is 18.7. The zero-order chi connectivity index (χ0) is 35.9. The molecule has 1 unspecified atom stereocenters. The maximum absolute atomic E-state index is 13.3. The fourth-order valence-corrected chi connectivity index (χ4v) is 6.58. The summed E-state index contributed by atoms with van der Waals surface area (Å²) in [7, 11) is 0. The van der Waals surface area contributed by atoms with Gasteiger partial charge in [0.2, 0.25) is 0 Å². The molecule has 1 aromatic heterocycles. The van der Waals surface area contributed by atoms with Crippen LogP contribution in [0.1, 0.15) is 67.8 Å². The number of halogens is 3. The summed E-state index contributed by atoms with van der Waals surface area (Å²) in [6.07, 6.45) is -2.18. The van der Waals surface area contributed by atoms with Gasteiger partial charge in [-0.05, 0) is 86.9 Å². The summed E-state index contributed by atoms with van der Waals surface area (Å²) in [5.74, 6) is -2.92. The highest BCUT2D eigenvalue weighted by atomic mass is 19.4. The summed E-state index contributed by atoms with van der Waals surface area (Å²) in [6, 6.07) is 15.9. The predicted molar refractivity (Wildman–Crippen MR) is 182 cm³/mol. The molecule has 1 saturated heterocycles. The molecule has 1 fully saturated rings. The summed E-state index contributed by atoms with van der Waals surface area (Å²) >= 11 is 0. The molecule has 2 aliphatic heterocycles. The van der Waals surface area contributed by atoms with Crippen LogP contribution in [0.3, 0.4) is 0 Å². The van der Waals surface area contributed by atoms with Crippen LogP contribution in [0.2, 0.25) is 0 Å². The summed E-state index contributed by atoms with van der Waals surface area (Å²) in [5.41, 5.74) is 8.77. The Morgan fingerprint density at radius 1 is 0.960 bits per heavy atom. The first-order chi connectivity index (χ1) is 23.7. The van der Waals surface area contributed by atoms with Gasteiger partial charge in [0, 0.05) is 52.7 Å². The number of aromatic nitrogens is 1. The van der Waals surface area contributed by atoms with Gasteiger partial charge in [-0.25, -0.2) is 4.79 Å². The van der Waals surface area contributed by atoms with Crippen molar-refractivity contribution in [2.45, 2.75) is 39.0 Å². The normalized spacial score (nSPS) is 15.9. The minimum absolute atomic E-state index is 0.0359. The van der Waals surface area contributed by atoms with Crippen molar-refractivity contribution in [3.05, 3.63) is 106 Å². The molecule has 3 amide bonds. The monoisotopic (exact) mass is 686 g/mol. The lowest BCUT2D eigenvalue weighted by Crippen LogP contribution is -2.41. The van der Waals surface area contributed by atoms with Gasteiger partial charge >= 0.3 is 12.1 Å². The first kappa shape index (κ1) is 34.0. The van der Waals surface area contributed by atoms with Crippen molar-refractivity contribution in [1.29, 1.82) is 0 Å². The smallest absolute Gasteiger partial charge is 0.416 e. The molecule has 11 nitrogen and oxygen atoms in total. The number of carbonyl (C=O) groups excluding carboxylic acids is 3. The van der Waals surface area contributed by atoms with Gasteiger partial charge < -0.3 is 31.4 Å². The molecule has 50 heavy (non-hydrogen) atoms. The number of rotatable bonds is 9. The van der Waals surface area contributed by atoms with E-state index in [4.69, 9.17) is 5.73 Å². The highest BCUT2D eigenvalue weighted by molar-refractivity contribution is 6.35. The van der Waals surface area contributed by atoms with Gasteiger partial charge in [0.25, 0.3) is 17.7 Å². The highest BCUT2D eigenvalue weighted by Crippen LogP contribution is 2.39. The van der Waals surface area contributed by atoms with E-state index in [-0.39, 0.29) is 16.7 Å². The molecule has 0 radical (unpaired) electrons. The number of hydrogen-bond donors (Lipinski definition) is 5. The largest absolute Gasteiger partial charge is 0.478 e. The first-order valence-corrected chi connectivity index (χ1v) is 15.7. The zero-order valence-corrected chi connectivity index (χ0v) is 27.0. The van der Waals surface area contributed by atoms with Crippen LogP contribution < -0.4 is 21.7 Å². The number of nitrogens with zero attached hydrogens (tertiary/aromatic N) is 2. The topological polar surface area (TPSA) is 159 Å². The molecule has 0 spiro atoms. The third kappa shape index (κ3) is 6.57. The van der Waals surface area contributed by atoms with Gasteiger partial charge in [-0.2, -0.15) is 13.2 Å². The van der Waals surface area contributed by atoms with Gasteiger partial charge in [-0.1, -0.05) is 18.2 Å². The number of carboxylic acids is 1. The Morgan fingerprint density at radius 3 is 2.32 bits per heavy atom. The van der Waals surface area contributed by atoms with E-state index in [0.717, 1.165) is 25.0 Å². The number of nitrogens with one attached hydrogen (secondary N) is 3. The van der Waals surface area contributed by atoms with E-state index < -0.39 is 41.6 Å². The SMILES string of the molecule is Cc1c(C(=O)O)c(C)n(C(C(N)=O)N2CCCC2)c1C=C1C(=O)Nc2cc(Nc3cccc(NC(=O)c4cccc(C(F)(F)F)c4)c3)ccc21. The quantitative estimate of drug-likeness (QED) is 0.128. The highest BCUT2D eigenvalue weighted by Gasteiger charge is 2.35. The molecule has 0 aliphatic carbocycles. The average molecular weight is 687 g/mol. The number of carboxylic acid groups (broad SMARTS) is 1. The molecule has 1 atom stereocenters. The van der Waals surface area contributed by atoms with Crippen LogP contribution in [0.5, 0.6) is 0 Å². The van der Waals surface area contributed by atoms with Crippen molar-refractivity contribution in [3.63, 3.8) is 0 Å². The van der Waals surface area contributed by atoms with Gasteiger partial charge in [0.15, 0.2) is 6.17 Å². The maximum Gasteiger partial charge on any atom is 0.416 e. The predicted octanol–water partition coefficient (Wildman–Crippen LogP) is 6.39. The van der Waals surface area contributed by atoms with Crippen LogP contribution >= 0.6 is 0 Å². The number of anilines is 4. The Kier molecular flexibility index (Phi) is 8.97. The molecule has 4 aromatic rings. The zero-order valence-electron chi connectivity index (χ0n) is 27.0. The second-order valence-corrected chi connectivity index (χ2v) is 12.2. The van der Waals surface area contributed by atoms with Gasteiger partial charge in [-0.3, -0.25) is 19.3 Å². The molecule has 2 aliphatic rings. The van der Waals surface area contributed by atoms with Gasteiger partial charge in [-0.15, -0.1) is 0 Å². The number of alkyl halides is 3. The van der Waals surface area contributed by atoms with Crippen molar-refractivity contribution >= 4 is 58.1 Å². The molecule has 3 heterocycles. The number of primary amides is 1. The van der Waals surface area contributed by atoms with Crippen molar-refractivity contribution in [3.8, 4) is 0 Å². The second-order valence-electron chi connectivity index (χ2n) is 12.2. The summed E-state index contributed by atoms with van der Waals surface area (Å²) < 4.78 is 41.0. The maximum atomic E-state index is 13.3. The van der Waals surface area contributed by atoms with E-state index in [1.165, 1.54) is 12.1 Å². The van der Waals surface area contributed by atoms with Crippen LogP contribution in [-0.2, 0) is 15.8 Å². The van der Waals surface area contributed by atoms with E-state index in [9.17, 15) is 37.5 Å². The number of hydrogen-bond acceptors (Lipinski definition) is 6. The Balaban J connectivity index is 1.27. The fraction of sp³-hybridized carbons (Fsp3) is 0.222. The van der Waals surface area contributed by atoms with Crippen LogP contribution in [-0.4, -0.2) is 51.4 Å². The van der Waals surface area contributed by atoms with Gasteiger partial charge in [0.05, 0.1) is 22.4 Å². The number of carbonyl (C=O) groups is 4. The molecule has 0 saturated carbocycles. The first-order valence-electron chi connectivity index (χ1n) is 15.7. The van der Waals surface area contributed by atoms with Crippen molar-refractivity contribution in [1.82, 2.24) is 9.47 Å². The summed E-state index contributed by atoms with van der Waals surface area (Å²) in [6.45, 7) is 4.50. The number of amides is 3. The Morgan fingerprint density at radius 2 is 1.64 bits per heavy atom. The van der Waals surface area contributed by atoms with E-state index in [0.29, 0.717) is 58.4 Å². The number of nitrogens with two attached hydrogens (primary N) is 1. The molecule has 3 aromatic carbocycles. The molecule has 0 bridgehead atoms. The minimum atomic E-state index is -4.58. The fourth-order valence-electron chi connectivity index (χ4n) is 6.58. The lowest BCUT2D eigenvalue weighted by Gasteiger charge is -2.29. The van der Waals surface area contributed by atoms with Crippen LogP contribution in [0.25, 0.3) is 11.6 Å². The third-order valence-corrected chi connectivity index (χ3v) is 8.89. The van der Waals surface area contributed by atoms with Crippen LogP contribution in [0, 0.1) is 13.8 Å². The Hall–Kier alpha value is -5.89. The molecule has 14 heteroatoms. The number of fused-ring (bicyclic) bond motifs is 1. The standard InChI is InChI=1S/C36H33F3N6O5/c1-19-29(45(20(2)30(19)35(49)50)34(31(40)46)44-13-3-4-14-44)18-27-26-12-11-25(17-28(26)43-33(27)48)41-23-9-6-10-24(16-23)42-32(47)21-7-5-8-22(15-21)36(37,38)39/h5-12,15-18,34,41H,3-4,13-14H2,1-2H3,(H2,40,46)(H,42,47)(H,43,48)(H,49,50). The van der Waals surface area contributed by atoms with E-state index >= 15 is 0 Å². The Labute approximate surface area is 284 Å². The van der Waals surface area contributed by atoms with Gasteiger partial charge in [0.1, 0.15) is 0 Å². The van der Waals surface area contributed by atoms with E-state index in [1.807, 2.05) is 4.90 Å². The van der Waals surface area contributed by atoms with E-state index in [2.05, 4.69) is 16.0 Å². The van der Waals surface area contributed by atoms with Crippen LogP contribution in [0.15, 0.2) is 66.7 Å². The molecular formula is C36H33F3N6O5.